The van der Waals surface area contributed by atoms with Gasteiger partial charge in [0.05, 0.1) is 11.4 Å². The van der Waals surface area contributed by atoms with E-state index in [1.165, 1.54) is 0 Å². The highest BCUT2D eigenvalue weighted by Crippen LogP contribution is 2.36. The molecular weight excluding hydrogens is 194 g/mol. The van der Waals surface area contributed by atoms with Gasteiger partial charge in [0.1, 0.15) is 5.03 Å². The lowest BCUT2D eigenvalue weighted by atomic mass is 10.3. The van der Waals surface area contributed by atoms with Gasteiger partial charge >= 0.3 is 0 Å². The van der Waals surface area contributed by atoms with Crippen molar-refractivity contribution < 1.29 is 0 Å². The van der Waals surface area contributed by atoms with Crippen molar-refractivity contribution in [3.63, 3.8) is 0 Å². The Balaban J connectivity index is 3.06. The topological polar surface area (TPSA) is 43.8 Å². The van der Waals surface area contributed by atoms with Crippen LogP contribution in [0.5, 0.6) is 0 Å². The van der Waals surface area contributed by atoms with Crippen molar-refractivity contribution in [3.05, 3.63) is 5.69 Å². The Kier molecular flexibility index (Phi) is 3.14. The van der Waals surface area contributed by atoms with E-state index in [1.807, 2.05) is 11.6 Å². The van der Waals surface area contributed by atoms with Crippen LogP contribution in [0.25, 0.3) is 0 Å². The molecule has 1 rings (SSSR count). The summed E-state index contributed by atoms with van der Waals surface area (Å²) in [5, 5.41) is 5.48. The van der Waals surface area contributed by atoms with Crippen LogP contribution in [-0.2, 0) is 6.54 Å². The highest BCUT2D eigenvalue weighted by Gasteiger charge is 2.19. The molecule has 0 amide bonds. The van der Waals surface area contributed by atoms with Gasteiger partial charge in [0.25, 0.3) is 0 Å². The Morgan fingerprint density at radius 2 is 2.00 bits per heavy atom. The first-order chi connectivity index (χ1) is 6.35. The van der Waals surface area contributed by atoms with Gasteiger partial charge in [-0.1, -0.05) is 32.5 Å². The van der Waals surface area contributed by atoms with Crippen molar-refractivity contribution in [2.45, 2.75) is 50.9 Å². The smallest absolute Gasteiger partial charge is 0.118 e. The van der Waals surface area contributed by atoms with Crippen molar-refractivity contribution in [1.29, 1.82) is 0 Å². The summed E-state index contributed by atoms with van der Waals surface area (Å²) in [5.41, 5.74) is 7.74. The van der Waals surface area contributed by atoms with Gasteiger partial charge in [0, 0.05) is 11.3 Å². The number of nitrogens with two attached hydrogens (primary N) is 1. The van der Waals surface area contributed by atoms with Crippen LogP contribution in [0.15, 0.2) is 5.03 Å². The minimum Gasteiger partial charge on any atom is -0.395 e. The van der Waals surface area contributed by atoms with Crippen LogP contribution in [-0.4, -0.2) is 14.5 Å². The number of hydrogen-bond donors (Lipinski definition) is 1. The molecule has 14 heavy (non-hydrogen) atoms. The van der Waals surface area contributed by atoms with Crippen LogP contribution in [0.3, 0.4) is 0 Å². The summed E-state index contributed by atoms with van der Waals surface area (Å²) in [6.45, 7) is 11.4. The highest BCUT2D eigenvalue weighted by atomic mass is 32.2. The maximum absolute atomic E-state index is 5.98. The van der Waals surface area contributed by atoms with Gasteiger partial charge in [0.15, 0.2) is 0 Å². The van der Waals surface area contributed by atoms with E-state index < -0.39 is 0 Å². The molecule has 2 N–H and O–H groups in total. The number of thioether (sulfide) groups is 1. The van der Waals surface area contributed by atoms with Gasteiger partial charge in [-0.3, -0.25) is 4.68 Å². The molecule has 0 fully saturated rings. The van der Waals surface area contributed by atoms with Gasteiger partial charge in [-0.15, -0.1) is 0 Å². The molecule has 0 radical (unpaired) electrons. The van der Waals surface area contributed by atoms with E-state index in [2.05, 4.69) is 32.8 Å². The van der Waals surface area contributed by atoms with Gasteiger partial charge < -0.3 is 5.73 Å². The van der Waals surface area contributed by atoms with Crippen LogP contribution >= 0.6 is 11.8 Å². The molecule has 4 heteroatoms. The molecule has 0 atom stereocenters. The number of aromatic nitrogens is 2. The summed E-state index contributed by atoms with van der Waals surface area (Å²) in [6.07, 6.45) is 0. The van der Waals surface area contributed by atoms with E-state index in [4.69, 9.17) is 5.73 Å². The molecule has 1 heterocycles. The molecule has 1 aromatic rings. The average molecular weight is 213 g/mol. The normalized spacial score (nSPS) is 12.1. The van der Waals surface area contributed by atoms with Crippen LogP contribution in [0.2, 0.25) is 0 Å². The van der Waals surface area contributed by atoms with Gasteiger partial charge in [-0.25, -0.2) is 0 Å². The van der Waals surface area contributed by atoms with E-state index in [0.29, 0.717) is 0 Å². The highest BCUT2D eigenvalue weighted by molar-refractivity contribution is 8.00. The fourth-order valence-electron chi connectivity index (χ4n) is 1.19. The molecule has 0 aliphatic rings. The number of nitrogens with zero attached hydrogens (tertiary/aromatic N) is 2. The number of hydrogen-bond acceptors (Lipinski definition) is 3. The summed E-state index contributed by atoms with van der Waals surface area (Å²) in [6, 6.07) is 0. The minimum atomic E-state index is 0.174. The third-order valence-corrected chi connectivity index (χ3v) is 3.06. The maximum Gasteiger partial charge on any atom is 0.118 e. The lowest BCUT2D eigenvalue weighted by Gasteiger charge is -2.18. The summed E-state index contributed by atoms with van der Waals surface area (Å²) >= 11 is 1.77. The molecule has 0 bridgehead atoms. The van der Waals surface area contributed by atoms with Gasteiger partial charge in [-0.05, 0) is 13.8 Å². The summed E-state index contributed by atoms with van der Waals surface area (Å²) in [5.74, 6) is 0. The van der Waals surface area contributed by atoms with Crippen molar-refractivity contribution in [3.8, 4) is 0 Å². The van der Waals surface area contributed by atoms with E-state index in [-0.39, 0.29) is 4.75 Å². The van der Waals surface area contributed by atoms with Crippen LogP contribution < -0.4 is 5.73 Å². The molecule has 1 aromatic heterocycles. The van der Waals surface area contributed by atoms with E-state index >= 15 is 0 Å². The molecule has 3 nitrogen and oxygen atoms in total. The zero-order chi connectivity index (χ0) is 10.9. The molecular formula is C10H19N3S. The first-order valence-corrected chi connectivity index (χ1v) is 5.68. The predicted molar refractivity (Wildman–Crippen MR) is 62.7 cm³/mol. The molecule has 0 spiro atoms. The van der Waals surface area contributed by atoms with Crippen molar-refractivity contribution in [1.82, 2.24) is 9.78 Å². The molecule has 0 aliphatic carbocycles. The zero-order valence-corrected chi connectivity index (χ0v) is 10.4. The SMILES string of the molecule is CCn1nc(C)c(N)c1SC(C)(C)C. The molecule has 0 aliphatic heterocycles. The largest absolute Gasteiger partial charge is 0.395 e. The first kappa shape index (κ1) is 11.4. The van der Waals surface area contributed by atoms with Crippen LogP contribution in [0.4, 0.5) is 5.69 Å². The average Bonchev–Trinajstić information content (AvgIpc) is 2.30. The standard InChI is InChI=1S/C10H19N3S/c1-6-13-9(14-10(3,4)5)8(11)7(2)12-13/h6,11H2,1-5H3. The molecule has 0 saturated heterocycles. The van der Waals surface area contributed by atoms with Crippen LogP contribution in [0, 0.1) is 6.92 Å². The fourth-order valence-corrected chi connectivity index (χ4v) is 2.30. The summed E-state index contributed by atoms with van der Waals surface area (Å²) in [4.78, 5) is 0. The summed E-state index contributed by atoms with van der Waals surface area (Å²) < 4.78 is 2.15. The Bertz CT molecular complexity index is 323. The number of anilines is 1. The Labute approximate surface area is 90.1 Å². The van der Waals surface area contributed by atoms with Crippen LogP contribution in [0.1, 0.15) is 33.4 Å². The Hall–Kier alpha value is -0.640. The second-order valence-electron chi connectivity index (χ2n) is 4.33. The summed E-state index contributed by atoms with van der Waals surface area (Å²) in [7, 11) is 0. The van der Waals surface area contributed by atoms with Gasteiger partial charge in [-0.2, -0.15) is 5.10 Å². The maximum atomic E-state index is 5.98. The molecule has 0 saturated carbocycles. The predicted octanol–water partition coefficient (Wildman–Crippen LogP) is 2.68. The lowest BCUT2D eigenvalue weighted by Crippen LogP contribution is -2.10. The molecule has 0 aromatic carbocycles. The quantitative estimate of drug-likeness (QED) is 0.768. The van der Waals surface area contributed by atoms with Gasteiger partial charge in [0.2, 0.25) is 0 Å². The number of aryl methyl sites for hydroxylation is 2. The Morgan fingerprint density at radius 1 is 1.43 bits per heavy atom. The minimum absolute atomic E-state index is 0.174. The number of rotatable bonds is 2. The first-order valence-electron chi connectivity index (χ1n) is 4.87. The second-order valence-corrected chi connectivity index (χ2v) is 6.15. The van der Waals surface area contributed by atoms with E-state index in [1.54, 1.807) is 11.8 Å². The monoisotopic (exact) mass is 213 g/mol. The number of nitrogen functional groups attached to an aromatic ring is 1. The fraction of sp³-hybridized carbons (Fsp3) is 0.700. The van der Waals surface area contributed by atoms with E-state index in [9.17, 15) is 0 Å². The lowest BCUT2D eigenvalue weighted by molar-refractivity contribution is 0.599. The van der Waals surface area contributed by atoms with Crippen molar-refractivity contribution in [2.24, 2.45) is 0 Å². The third kappa shape index (κ3) is 2.44. The van der Waals surface area contributed by atoms with Crippen molar-refractivity contribution in [2.75, 3.05) is 5.73 Å². The molecule has 80 valence electrons. The Morgan fingerprint density at radius 3 is 2.43 bits per heavy atom. The van der Waals surface area contributed by atoms with E-state index in [0.717, 1.165) is 23.0 Å². The second kappa shape index (κ2) is 3.85. The van der Waals surface area contributed by atoms with Crippen molar-refractivity contribution >= 4 is 17.4 Å². The zero-order valence-electron chi connectivity index (χ0n) is 9.59. The third-order valence-electron chi connectivity index (χ3n) is 1.83. The molecule has 0 unspecified atom stereocenters.